The van der Waals surface area contributed by atoms with Crippen LogP contribution in [0.5, 0.6) is 5.75 Å². The lowest BCUT2D eigenvalue weighted by atomic mass is 10.3. The molecule has 0 fully saturated rings. The number of carbonyl (C=O) groups excluding carboxylic acids is 1. The first-order chi connectivity index (χ1) is 6.61. The van der Waals surface area contributed by atoms with E-state index in [0.29, 0.717) is 10.9 Å². The summed E-state index contributed by atoms with van der Waals surface area (Å²) in [7, 11) is 0. The van der Waals surface area contributed by atoms with E-state index >= 15 is 0 Å². The number of nitrogens with zero attached hydrogens (tertiary/aromatic N) is 2. The molecule has 0 saturated heterocycles. The molecule has 14 heavy (non-hydrogen) atoms. The fourth-order valence-electron chi connectivity index (χ4n) is 1.28. The predicted octanol–water partition coefficient (Wildman–Crippen LogP) is 1.32. The molecule has 72 valence electrons. The van der Waals surface area contributed by atoms with Gasteiger partial charge in [0.15, 0.2) is 5.15 Å². The summed E-state index contributed by atoms with van der Waals surface area (Å²) in [5.74, 6) is -0.0376. The van der Waals surface area contributed by atoms with Gasteiger partial charge in [0, 0.05) is 11.6 Å². The largest absolute Gasteiger partial charge is 0.506 e. The second-order valence-corrected chi connectivity index (χ2v) is 3.08. The van der Waals surface area contributed by atoms with Gasteiger partial charge in [-0.25, -0.2) is 9.78 Å². The minimum absolute atomic E-state index is 0.0376. The molecule has 0 spiro atoms. The van der Waals surface area contributed by atoms with E-state index in [4.69, 9.17) is 17.3 Å². The number of fused-ring (bicyclic) bond motifs is 1. The predicted molar refractivity (Wildman–Crippen MR) is 51.4 cm³/mol. The van der Waals surface area contributed by atoms with E-state index in [-0.39, 0.29) is 10.9 Å². The first kappa shape index (κ1) is 8.83. The number of rotatable bonds is 0. The third kappa shape index (κ3) is 1.10. The molecule has 0 bridgehead atoms. The van der Waals surface area contributed by atoms with Gasteiger partial charge in [0.05, 0.1) is 11.7 Å². The summed E-state index contributed by atoms with van der Waals surface area (Å²) < 4.78 is 1.13. The molecule has 1 amide bonds. The van der Waals surface area contributed by atoms with Crippen molar-refractivity contribution in [2.24, 2.45) is 5.73 Å². The molecule has 0 saturated carbocycles. The van der Waals surface area contributed by atoms with Crippen molar-refractivity contribution in [2.75, 3.05) is 0 Å². The van der Waals surface area contributed by atoms with Gasteiger partial charge in [-0.2, -0.15) is 0 Å². The Morgan fingerprint density at radius 1 is 1.64 bits per heavy atom. The molecule has 2 rings (SSSR count). The number of nitrogens with two attached hydrogens (primary N) is 1. The molecular formula is C8H6ClN3O2. The third-order valence-electron chi connectivity index (χ3n) is 1.90. The Morgan fingerprint density at radius 2 is 2.36 bits per heavy atom. The van der Waals surface area contributed by atoms with Gasteiger partial charge in [0.1, 0.15) is 5.75 Å². The van der Waals surface area contributed by atoms with Crippen molar-refractivity contribution < 1.29 is 9.90 Å². The van der Waals surface area contributed by atoms with Gasteiger partial charge in [-0.3, -0.25) is 4.57 Å². The maximum atomic E-state index is 11.0. The van der Waals surface area contributed by atoms with E-state index in [1.54, 1.807) is 6.07 Å². The van der Waals surface area contributed by atoms with Crippen molar-refractivity contribution in [3.8, 4) is 5.75 Å². The zero-order chi connectivity index (χ0) is 10.3. The van der Waals surface area contributed by atoms with Gasteiger partial charge in [0.2, 0.25) is 0 Å². The molecule has 3 N–H and O–H groups in total. The van der Waals surface area contributed by atoms with Crippen molar-refractivity contribution in [1.82, 2.24) is 9.55 Å². The Kier molecular flexibility index (Phi) is 1.82. The highest BCUT2D eigenvalue weighted by molar-refractivity contribution is 6.34. The first-order valence-electron chi connectivity index (χ1n) is 3.75. The molecule has 0 unspecified atom stereocenters. The molecule has 0 atom stereocenters. The standard InChI is InChI=1S/C8H6ClN3O2/c9-7-6-4(5(13)3-11-7)1-2-12(6)8(10)14/h1-3,13H,(H2,10,14). The Morgan fingerprint density at radius 3 is 3.00 bits per heavy atom. The Labute approximate surface area is 83.7 Å². The zero-order valence-corrected chi connectivity index (χ0v) is 7.69. The van der Waals surface area contributed by atoms with Crippen LogP contribution in [0, 0.1) is 0 Å². The Balaban J connectivity index is 2.90. The van der Waals surface area contributed by atoms with E-state index in [1.165, 1.54) is 12.4 Å². The molecule has 0 aromatic carbocycles. The number of pyridine rings is 1. The summed E-state index contributed by atoms with van der Waals surface area (Å²) >= 11 is 5.77. The average molecular weight is 212 g/mol. The summed E-state index contributed by atoms with van der Waals surface area (Å²) in [6.45, 7) is 0. The third-order valence-corrected chi connectivity index (χ3v) is 2.17. The zero-order valence-electron chi connectivity index (χ0n) is 6.94. The van der Waals surface area contributed by atoms with E-state index < -0.39 is 6.03 Å². The van der Waals surface area contributed by atoms with Crippen LogP contribution >= 0.6 is 11.6 Å². The molecule has 0 aliphatic heterocycles. The van der Waals surface area contributed by atoms with Gasteiger partial charge in [-0.05, 0) is 6.07 Å². The van der Waals surface area contributed by atoms with Crippen LogP contribution in [0.25, 0.3) is 10.9 Å². The molecule has 6 heteroatoms. The molecule has 2 aromatic rings. The van der Waals surface area contributed by atoms with Gasteiger partial charge in [0.25, 0.3) is 0 Å². The second kappa shape index (κ2) is 2.88. The lowest BCUT2D eigenvalue weighted by Gasteiger charge is -2.01. The van der Waals surface area contributed by atoms with E-state index in [2.05, 4.69) is 4.98 Å². The number of halogens is 1. The van der Waals surface area contributed by atoms with Crippen LogP contribution in [0.15, 0.2) is 18.5 Å². The molecule has 0 aliphatic carbocycles. The first-order valence-corrected chi connectivity index (χ1v) is 4.13. The lowest BCUT2D eigenvalue weighted by Crippen LogP contribution is -2.18. The number of aromatic hydroxyl groups is 1. The molecule has 0 aliphatic rings. The average Bonchev–Trinajstić information content (AvgIpc) is 2.56. The quantitative estimate of drug-likeness (QED) is 0.645. The van der Waals surface area contributed by atoms with Crippen molar-refractivity contribution in [3.05, 3.63) is 23.6 Å². The van der Waals surface area contributed by atoms with Gasteiger partial charge in [-0.1, -0.05) is 11.6 Å². The highest BCUT2D eigenvalue weighted by Crippen LogP contribution is 2.29. The second-order valence-electron chi connectivity index (χ2n) is 2.72. The van der Waals surface area contributed by atoms with Crippen molar-refractivity contribution in [2.45, 2.75) is 0 Å². The van der Waals surface area contributed by atoms with Crippen molar-refractivity contribution in [1.29, 1.82) is 0 Å². The minimum atomic E-state index is -0.672. The molecule has 5 nitrogen and oxygen atoms in total. The van der Waals surface area contributed by atoms with Gasteiger partial charge in [-0.15, -0.1) is 0 Å². The lowest BCUT2D eigenvalue weighted by molar-refractivity contribution is 0.251. The van der Waals surface area contributed by atoms with Crippen LogP contribution in [-0.4, -0.2) is 20.7 Å². The maximum absolute atomic E-state index is 11.0. The Hall–Kier alpha value is -1.75. The van der Waals surface area contributed by atoms with E-state index in [1.807, 2.05) is 0 Å². The number of hydrogen-bond donors (Lipinski definition) is 2. The molecule has 2 heterocycles. The molecular weight excluding hydrogens is 206 g/mol. The van der Waals surface area contributed by atoms with Crippen LogP contribution in [0.1, 0.15) is 0 Å². The van der Waals surface area contributed by atoms with Crippen LogP contribution in [0.3, 0.4) is 0 Å². The summed E-state index contributed by atoms with van der Waals surface area (Å²) in [6.07, 6.45) is 2.65. The van der Waals surface area contributed by atoms with Crippen molar-refractivity contribution >= 4 is 28.5 Å². The van der Waals surface area contributed by atoms with E-state index in [9.17, 15) is 9.90 Å². The normalized spacial score (nSPS) is 10.6. The van der Waals surface area contributed by atoms with Crippen LogP contribution in [0.4, 0.5) is 4.79 Å². The molecule has 0 radical (unpaired) electrons. The SMILES string of the molecule is NC(=O)n1ccc2c(O)cnc(Cl)c21. The summed E-state index contributed by atoms with van der Waals surface area (Å²) in [5, 5.41) is 9.98. The van der Waals surface area contributed by atoms with Crippen LogP contribution in [0.2, 0.25) is 5.15 Å². The number of amides is 1. The number of carbonyl (C=O) groups is 1. The fraction of sp³-hybridized carbons (Fsp3) is 0. The monoisotopic (exact) mass is 211 g/mol. The number of aromatic nitrogens is 2. The summed E-state index contributed by atoms with van der Waals surface area (Å²) in [6, 6.07) is 0.873. The topological polar surface area (TPSA) is 81.1 Å². The van der Waals surface area contributed by atoms with Gasteiger partial charge >= 0.3 is 6.03 Å². The maximum Gasteiger partial charge on any atom is 0.323 e. The number of hydrogen-bond acceptors (Lipinski definition) is 3. The summed E-state index contributed by atoms with van der Waals surface area (Å²) in [5.41, 5.74) is 5.42. The van der Waals surface area contributed by atoms with E-state index in [0.717, 1.165) is 4.57 Å². The fourth-order valence-corrected chi connectivity index (χ4v) is 1.52. The minimum Gasteiger partial charge on any atom is -0.506 e. The highest BCUT2D eigenvalue weighted by Gasteiger charge is 2.12. The van der Waals surface area contributed by atoms with Gasteiger partial charge < -0.3 is 10.8 Å². The van der Waals surface area contributed by atoms with Crippen molar-refractivity contribution in [3.63, 3.8) is 0 Å². The molecule has 2 aromatic heterocycles. The highest BCUT2D eigenvalue weighted by atomic mass is 35.5. The Bertz CT molecular complexity index is 521. The van der Waals surface area contributed by atoms with Crippen LogP contribution < -0.4 is 5.73 Å². The summed E-state index contributed by atoms with van der Waals surface area (Å²) in [4.78, 5) is 14.7. The van der Waals surface area contributed by atoms with Crippen LogP contribution in [-0.2, 0) is 0 Å². The number of primary amides is 1. The smallest absolute Gasteiger partial charge is 0.323 e.